The number of hydrogen-bond donors (Lipinski definition) is 0. The molecule has 0 amide bonds. The molecule has 1 spiro atoms. The molecule has 2 heterocycles. The molecule has 4 aromatic rings. The maximum Gasteiger partial charge on any atom is 0.416 e. The van der Waals surface area contributed by atoms with E-state index in [9.17, 15) is 31.9 Å². The minimum Gasteiger partial charge on any atom is -0.352 e. The summed E-state index contributed by atoms with van der Waals surface area (Å²) in [4.78, 5) is 45.3. The fourth-order valence-electron chi connectivity index (χ4n) is 6.95. The van der Waals surface area contributed by atoms with Gasteiger partial charge in [-0.3, -0.25) is 14.4 Å². The predicted molar refractivity (Wildman–Crippen MR) is 148 cm³/mol. The predicted octanol–water partition coefficient (Wildman–Crippen LogP) is 7.16. The van der Waals surface area contributed by atoms with Crippen molar-refractivity contribution in [3.05, 3.63) is 142 Å². The van der Waals surface area contributed by atoms with Crippen LogP contribution in [0.1, 0.15) is 53.7 Å². The van der Waals surface area contributed by atoms with Crippen LogP contribution < -0.4 is 4.90 Å². The Morgan fingerprint density at radius 2 is 1.36 bits per heavy atom. The second kappa shape index (κ2) is 9.08. The van der Waals surface area contributed by atoms with E-state index in [0.717, 1.165) is 29.8 Å². The van der Waals surface area contributed by atoms with Gasteiger partial charge in [-0.05, 0) is 53.6 Å². The van der Waals surface area contributed by atoms with E-state index in [4.69, 9.17) is 0 Å². The smallest absolute Gasteiger partial charge is 0.352 e. The standard InChI is InChI=1S/C34H21F4NO3/c35-23-16-11-21(12-17-23)30(40)29-28(20-9-14-22(15-10-20)34(36,37)38)33(31(41)24-6-2-3-7-25(24)32(33)42)27-18-13-19-5-1-4-8-26(19)39(27)29/h1-18,27-29H/t27-,28-,29+/m1/s1. The largest absolute Gasteiger partial charge is 0.416 e. The quantitative estimate of drug-likeness (QED) is 0.150. The molecule has 3 aliphatic rings. The maximum atomic E-state index is 14.5. The number of alkyl halides is 3. The van der Waals surface area contributed by atoms with Gasteiger partial charge in [-0.25, -0.2) is 4.39 Å². The SMILES string of the molecule is O=C(c1ccc(F)cc1)[C@@H]1[C@@H](c2ccc(C(F)(F)F)cc2)C2(C(=O)c3ccccc3C2=O)[C@H]2C=Cc3ccccc3N12. The topological polar surface area (TPSA) is 54.5 Å². The number of fused-ring (bicyclic) bond motifs is 5. The third-order valence-electron chi connectivity index (χ3n) is 8.71. The van der Waals surface area contributed by atoms with E-state index >= 15 is 0 Å². The Hall–Kier alpha value is -4.85. The summed E-state index contributed by atoms with van der Waals surface area (Å²) in [6.45, 7) is 0. The Kier molecular flexibility index (Phi) is 5.63. The van der Waals surface area contributed by atoms with Crippen molar-refractivity contribution in [1.82, 2.24) is 0 Å². The Bertz CT molecular complexity index is 1770. The molecular weight excluding hydrogens is 546 g/mol. The van der Waals surface area contributed by atoms with E-state index in [2.05, 4.69) is 0 Å². The van der Waals surface area contributed by atoms with Gasteiger partial charge in [-0.15, -0.1) is 0 Å². The minimum atomic E-state index is -4.61. The average molecular weight is 568 g/mol. The van der Waals surface area contributed by atoms with E-state index < -0.39 is 58.3 Å². The number of nitrogens with zero attached hydrogens (tertiary/aromatic N) is 1. The highest BCUT2D eigenvalue weighted by molar-refractivity contribution is 6.32. The van der Waals surface area contributed by atoms with Crippen LogP contribution in [0.25, 0.3) is 6.08 Å². The maximum absolute atomic E-state index is 14.5. The monoisotopic (exact) mass is 567 g/mol. The first-order valence-corrected chi connectivity index (χ1v) is 13.3. The highest BCUT2D eigenvalue weighted by atomic mass is 19.4. The van der Waals surface area contributed by atoms with Gasteiger partial charge in [0, 0.05) is 28.3 Å². The van der Waals surface area contributed by atoms with Gasteiger partial charge >= 0.3 is 6.18 Å². The molecule has 0 saturated carbocycles. The molecule has 1 fully saturated rings. The number of para-hydroxylation sites is 1. The van der Waals surface area contributed by atoms with Crippen molar-refractivity contribution >= 4 is 29.1 Å². The van der Waals surface area contributed by atoms with Gasteiger partial charge in [0.1, 0.15) is 17.3 Å². The van der Waals surface area contributed by atoms with Gasteiger partial charge < -0.3 is 4.90 Å². The van der Waals surface area contributed by atoms with Gasteiger partial charge in [-0.2, -0.15) is 13.2 Å². The Labute approximate surface area is 237 Å². The molecule has 0 unspecified atom stereocenters. The van der Waals surface area contributed by atoms with E-state index in [1.165, 1.54) is 24.3 Å². The van der Waals surface area contributed by atoms with Crippen LogP contribution in [0.5, 0.6) is 0 Å². The summed E-state index contributed by atoms with van der Waals surface area (Å²) in [6.07, 6.45) is -1.07. The Morgan fingerprint density at radius 1 is 0.762 bits per heavy atom. The number of carbonyl (C=O) groups excluding carboxylic acids is 3. The van der Waals surface area contributed by atoms with Crippen molar-refractivity contribution in [2.24, 2.45) is 5.41 Å². The third kappa shape index (κ3) is 3.50. The molecule has 0 aromatic heterocycles. The summed E-state index contributed by atoms with van der Waals surface area (Å²) in [5, 5.41) is 0. The molecule has 4 aromatic carbocycles. The molecule has 8 heteroatoms. The zero-order valence-corrected chi connectivity index (χ0v) is 21.8. The number of anilines is 1. The van der Waals surface area contributed by atoms with E-state index in [1.807, 2.05) is 12.1 Å². The minimum absolute atomic E-state index is 0.150. The number of carbonyl (C=O) groups is 3. The van der Waals surface area contributed by atoms with Crippen molar-refractivity contribution in [1.29, 1.82) is 0 Å². The number of rotatable bonds is 3. The second-order valence-electron chi connectivity index (χ2n) is 10.8. The number of hydrogen-bond acceptors (Lipinski definition) is 4. The molecule has 0 radical (unpaired) electrons. The highest BCUT2D eigenvalue weighted by Crippen LogP contribution is 2.61. The van der Waals surface area contributed by atoms with Crippen LogP contribution in [0.15, 0.2) is 103 Å². The number of Topliss-reactive ketones (excluding diaryl/α,β-unsaturated/α-hetero) is 3. The fraction of sp³-hybridized carbons (Fsp3) is 0.147. The fourth-order valence-corrected chi connectivity index (χ4v) is 6.95. The van der Waals surface area contributed by atoms with Gasteiger partial charge in [0.15, 0.2) is 17.3 Å². The van der Waals surface area contributed by atoms with E-state index in [-0.39, 0.29) is 22.3 Å². The lowest BCUT2D eigenvalue weighted by atomic mass is 9.64. The zero-order valence-electron chi connectivity index (χ0n) is 21.8. The molecule has 7 rings (SSSR count). The normalized spacial score (nSPS) is 21.8. The highest BCUT2D eigenvalue weighted by Gasteiger charge is 2.71. The lowest BCUT2D eigenvalue weighted by Crippen LogP contribution is -2.48. The lowest BCUT2D eigenvalue weighted by Gasteiger charge is -2.37. The lowest BCUT2D eigenvalue weighted by molar-refractivity contribution is -0.137. The number of halogens is 4. The van der Waals surface area contributed by atoms with Gasteiger partial charge in [-0.1, -0.05) is 66.7 Å². The van der Waals surface area contributed by atoms with Crippen molar-refractivity contribution in [2.75, 3.05) is 4.90 Å². The number of ketones is 3. The number of benzene rings is 4. The van der Waals surface area contributed by atoms with Crippen LogP contribution in [0.3, 0.4) is 0 Å². The molecule has 1 aliphatic carbocycles. The van der Waals surface area contributed by atoms with Crippen LogP contribution in [0.2, 0.25) is 0 Å². The van der Waals surface area contributed by atoms with Crippen LogP contribution in [0.4, 0.5) is 23.2 Å². The van der Waals surface area contributed by atoms with Crippen LogP contribution in [0, 0.1) is 11.2 Å². The molecule has 4 nitrogen and oxygen atoms in total. The van der Waals surface area contributed by atoms with Crippen molar-refractivity contribution in [3.8, 4) is 0 Å². The molecule has 0 bridgehead atoms. The summed E-state index contributed by atoms with van der Waals surface area (Å²) in [7, 11) is 0. The zero-order chi connectivity index (χ0) is 29.4. The van der Waals surface area contributed by atoms with E-state index in [0.29, 0.717) is 5.69 Å². The summed E-state index contributed by atoms with van der Waals surface area (Å²) >= 11 is 0. The summed E-state index contributed by atoms with van der Waals surface area (Å²) in [6, 6.07) is 20.8. The van der Waals surface area contributed by atoms with Crippen LogP contribution in [-0.2, 0) is 6.18 Å². The molecule has 208 valence electrons. The average Bonchev–Trinajstić information content (AvgIpc) is 3.43. The molecule has 1 saturated heterocycles. The summed E-state index contributed by atoms with van der Waals surface area (Å²) in [5.41, 5.74) is -0.554. The Balaban J connectivity index is 1.53. The summed E-state index contributed by atoms with van der Waals surface area (Å²) in [5.74, 6) is -3.16. The van der Waals surface area contributed by atoms with Gasteiger partial charge in [0.05, 0.1) is 11.6 Å². The molecule has 3 atom stereocenters. The summed E-state index contributed by atoms with van der Waals surface area (Å²) < 4.78 is 54.5. The van der Waals surface area contributed by atoms with Crippen LogP contribution in [-0.4, -0.2) is 29.4 Å². The van der Waals surface area contributed by atoms with Gasteiger partial charge in [0.25, 0.3) is 0 Å². The van der Waals surface area contributed by atoms with Gasteiger partial charge in [0.2, 0.25) is 0 Å². The van der Waals surface area contributed by atoms with Crippen molar-refractivity contribution < 1.29 is 31.9 Å². The molecule has 42 heavy (non-hydrogen) atoms. The van der Waals surface area contributed by atoms with Crippen molar-refractivity contribution in [3.63, 3.8) is 0 Å². The molecule has 2 aliphatic heterocycles. The molecule has 0 N–H and O–H groups in total. The first-order valence-electron chi connectivity index (χ1n) is 13.3. The second-order valence-corrected chi connectivity index (χ2v) is 10.8. The first kappa shape index (κ1) is 26.1. The Morgan fingerprint density at radius 3 is 1.98 bits per heavy atom. The molecular formula is C34H21F4NO3. The first-order chi connectivity index (χ1) is 20.1. The van der Waals surface area contributed by atoms with E-state index in [1.54, 1.807) is 53.5 Å². The third-order valence-corrected chi connectivity index (χ3v) is 8.71. The van der Waals surface area contributed by atoms with Crippen molar-refractivity contribution in [2.45, 2.75) is 24.2 Å². The van der Waals surface area contributed by atoms with Crippen LogP contribution >= 0.6 is 0 Å².